The monoisotopic (exact) mass is 366 g/mol. The molecule has 0 radical (unpaired) electrons. The number of piperazine rings is 1. The molecule has 1 aromatic heterocycles. The number of rotatable bonds is 2. The van der Waals surface area contributed by atoms with E-state index < -0.39 is 6.04 Å². The molecule has 27 heavy (non-hydrogen) atoms. The van der Waals surface area contributed by atoms with Crippen molar-refractivity contribution in [2.24, 2.45) is 0 Å². The number of amides is 3. The first kappa shape index (κ1) is 17.5. The van der Waals surface area contributed by atoms with Crippen LogP contribution >= 0.6 is 0 Å². The fourth-order valence-electron chi connectivity index (χ4n) is 4.18. The summed E-state index contributed by atoms with van der Waals surface area (Å²) >= 11 is 0. The first-order valence-corrected chi connectivity index (χ1v) is 9.10. The van der Waals surface area contributed by atoms with Gasteiger partial charge in [0.25, 0.3) is 5.91 Å². The van der Waals surface area contributed by atoms with Crippen molar-refractivity contribution in [3.8, 4) is 0 Å². The molecule has 2 atom stereocenters. The zero-order chi connectivity index (χ0) is 19.3. The Balaban J connectivity index is 1.63. The van der Waals surface area contributed by atoms with E-state index >= 15 is 0 Å². The molecule has 2 aliphatic rings. The second-order valence-electron chi connectivity index (χ2n) is 7.47. The van der Waals surface area contributed by atoms with Gasteiger partial charge >= 0.3 is 0 Å². The van der Waals surface area contributed by atoms with E-state index in [0.717, 1.165) is 27.7 Å². The second-order valence-corrected chi connectivity index (χ2v) is 7.47. The molecule has 3 amide bonds. The van der Waals surface area contributed by atoms with Crippen molar-refractivity contribution in [2.45, 2.75) is 39.3 Å². The summed E-state index contributed by atoms with van der Waals surface area (Å²) in [6, 6.07) is 5.07. The summed E-state index contributed by atoms with van der Waals surface area (Å²) in [5, 5.41) is 6.46. The van der Waals surface area contributed by atoms with Gasteiger partial charge in [0.05, 0.1) is 17.6 Å². The predicted molar refractivity (Wildman–Crippen MR) is 100 cm³/mol. The molecule has 2 aromatic rings. The molecule has 1 aromatic carbocycles. The van der Waals surface area contributed by atoms with Crippen molar-refractivity contribution >= 4 is 28.6 Å². The Morgan fingerprint density at radius 1 is 1.22 bits per heavy atom. The number of hydrogen-bond donors (Lipinski definition) is 2. The quantitative estimate of drug-likeness (QED) is 0.829. The number of benzene rings is 1. The summed E-state index contributed by atoms with van der Waals surface area (Å²) in [5.74, 6) is -0.453. The van der Waals surface area contributed by atoms with Gasteiger partial charge in [0, 0.05) is 23.7 Å². The van der Waals surface area contributed by atoms with Gasteiger partial charge in [-0.15, -0.1) is 0 Å². The normalized spacial score (nSPS) is 22.0. The lowest BCUT2D eigenvalue weighted by molar-refractivity contribution is -0.143. The number of fused-ring (bicyclic) bond motifs is 2. The van der Waals surface area contributed by atoms with E-state index in [1.54, 1.807) is 11.0 Å². The fraction of sp³-hybridized carbons (Fsp3) is 0.400. The third-order valence-corrected chi connectivity index (χ3v) is 5.30. The number of carbonyl (C=O) groups excluding carboxylic acids is 3. The van der Waals surface area contributed by atoms with Crippen LogP contribution in [0.15, 0.2) is 18.2 Å². The van der Waals surface area contributed by atoms with E-state index in [1.807, 2.05) is 32.9 Å². The highest BCUT2D eigenvalue weighted by Gasteiger charge is 2.42. The van der Waals surface area contributed by atoms with Crippen molar-refractivity contribution in [1.29, 1.82) is 0 Å². The van der Waals surface area contributed by atoms with Crippen LogP contribution in [-0.4, -0.2) is 52.8 Å². The Labute approximate surface area is 157 Å². The van der Waals surface area contributed by atoms with Crippen LogP contribution in [0.4, 0.5) is 0 Å². The highest BCUT2D eigenvalue weighted by molar-refractivity contribution is 6.07. The van der Waals surface area contributed by atoms with Crippen molar-refractivity contribution in [3.63, 3.8) is 0 Å². The Morgan fingerprint density at radius 2 is 2.00 bits per heavy atom. The molecule has 7 nitrogen and oxygen atoms in total. The van der Waals surface area contributed by atoms with Gasteiger partial charge in [0.2, 0.25) is 11.8 Å². The van der Waals surface area contributed by atoms with Gasteiger partial charge in [-0.25, -0.2) is 0 Å². The van der Waals surface area contributed by atoms with Crippen LogP contribution in [0.3, 0.4) is 0 Å². The summed E-state index contributed by atoms with van der Waals surface area (Å²) in [7, 11) is 0. The molecule has 0 bridgehead atoms. The number of pyridine rings is 1. The number of carbonyl (C=O) groups is 3. The second kappa shape index (κ2) is 6.33. The largest absolute Gasteiger partial charge is 0.347 e. The van der Waals surface area contributed by atoms with E-state index in [4.69, 9.17) is 0 Å². The highest BCUT2D eigenvalue weighted by Crippen LogP contribution is 2.25. The van der Waals surface area contributed by atoms with Crippen LogP contribution in [-0.2, 0) is 9.59 Å². The third kappa shape index (κ3) is 3.03. The van der Waals surface area contributed by atoms with Gasteiger partial charge < -0.3 is 15.5 Å². The van der Waals surface area contributed by atoms with Crippen LogP contribution in [0.1, 0.15) is 33.6 Å². The third-order valence-electron chi connectivity index (χ3n) is 5.30. The van der Waals surface area contributed by atoms with Gasteiger partial charge in [-0.1, -0.05) is 6.07 Å². The van der Waals surface area contributed by atoms with Gasteiger partial charge in [0.15, 0.2) is 0 Å². The maximum Gasteiger partial charge on any atom is 0.252 e. The van der Waals surface area contributed by atoms with Crippen molar-refractivity contribution in [2.75, 3.05) is 13.1 Å². The zero-order valence-electron chi connectivity index (χ0n) is 15.6. The van der Waals surface area contributed by atoms with Crippen LogP contribution in [0, 0.1) is 20.8 Å². The van der Waals surface area contributed by atoms with E-state index in [1.165, 1.54) is 0 Å². The number of nitrogens with zero attached hydrogens (tertiary/aromatic N) is 2. The minimum Gasteiger partial charge on any atom is -0.347 e. The van der Waals surface area contributed by atoms with Crippen molar-refractivity contribution in [3.05, 3.63) is 40.6 Å². The van der Waals surface area contributed by atoms with Gasteiger partial charge in [-0.2, -0.15) is 0 Å². The summed E-state index contributed by atoms with van der Waals surface area (Å²) in [6.07, 6.45) is 0.434. The van der Waals surface area contributed by atoms with Crippen molar-refractivity contribution < 1.29 is 14.4 Å². The summed E-state index contributed by atoms with van der Waals surface area (Å²) < 4.78 is 0. The number of hydrogen-bond acceptors (Lipinski definition) is 4. The molecule has 140 valence electrons. The van der Waals surface area contributed by atoms with E-state index in [2.05, 4.69) is 15.6 Å². The van der Waals surface area contributed by atoms with Gasteiger partial charge in [-0.05, 0) is 50.5 Å². The average molecular weight is 366 g/mol. The smallest absolute Gasteiger partial charge is 0.252 e. The Hall–Kier alpha value is -2.96. The molecular weight excluding hydrogens is 344 g/mol. The molecular formula is C20H22N4O3. The molecule has 0 spiro atoms. The van der Waals surface area contributed by atoms with Crippen LogP contribution in [0.5, 0.6) is 0 Å². The Kier molecular flexibility index (Phi) is 4.09. The lowest BCUT2D eigenvalue weighted by atomic mass is 9.99. The standard InChI is InChI=1S/C20H22N4O3/c1-10-4-11(2)18-14(6-12(3)22-15(18)5-10)19(26)23-13-7-16-20(27)21-8-17(25)24(16)9-13/h4-6,13,16H,7-9H2,1-3H3,(H,21,27)(H,23,26)/t13-,16+/m1/s1. The number of aryl methyl sites for hydroxylation is 3. The van der Waals surface area contributed by atoms with Crippen LogP contribution < -0.4 is 10.6 Å². The summed E-state index contributed by atoms with van der Waals surface area (Å²) in [4.78, 5) is 43.2. The molecule has 2 saturated heterocycles. The summed E-state index contributed by atoms with van der Waals surface area (Å²) in [6.45, 7) is 6.24. The fourth-order valence-corrected chi connectivity index (χ4v) is 4.18. The van der Waals surface area contributed by atoms with Crippen LogP contribution in [0.25, 0.3) is 10.9 Å². The van der Waals surface area contributed by atoms with E-state index in [-0.39, 0.29) is 30.3 Å². The lowest BCUT2D eigenvalue weighted by Gasteiger charge is -2.28. The van der Waals surface area contributed by atoms with E-state index in [0.29, 0.717) is 18.5 Å². The first-order chi connectivity index (χ1) is 12.8. The highest BCUT2D eigenvalue weighted by atomic mass is 16.2. The Bertz CT molecular complexity index is 956. The molecule has 4 rings (SSSR count). The molecule has 0 saturated carbocycles. The Morgan fingerprint density at radius 3 is 2.74 bits per heavy atom. The molecule has 2 aliphatic heterocycles. The SMILES string of the molecule is Cc1cc(C)c2c(C(=O)N[C@@H]3C[C@H]4C(=O)NCC(=O)N4C3)cc(C)nc2c1. The molecule has 2 fully saturated rings. The minimum absolute atomic E-state index is 0.0305. The minimum atomic E-state index is -0.489. The topological polar surface area (TPSA) is 91.4 Å². The maximum absolute atomic E-state index is 13.0. The predicted octanol–water partition coefficient (Wildman–Crippen LogP) is 0.989. The lowest BCUT2D eigenvalue weighted by Crippen LogP contribution is -2.55. The van der Waals surface area contributed by atoms with Gasteiger partial charge in [0.1, 0.15) is 6.04 Å². The van der Waals surface area contributed by atoms with E-state index in [9.17, 15) is 14.4 Å². The van der Waals surface area contributed by atoms with Crippen molar-refractivity contribution in [1.82, 2.24) is 20.5 Å². The van der Waals surface area contributed by atoms with Crippen LogP contribution in [0.2, 0.25) is 0 Å². The number of nitrogens with one attached hydrogen (secondary N) is 2. The molecule has 3 heterocycles. The molecule has 0 aliphatic carbocycles. The number of aromatic nitrogens is 1. The summed E-state index contributed by atoms with van der Waals surface area (Å²) in [5.41, 5.74) is 4.26. The van der Waals surface area contributed by atoms with Gasteiger partial charge in [-0.3, -0.25) is 19.4 Å². The maximum atomic E-state index is 13.0. The average Bonchev–Trinajstić information content (AvgIpc) is 3.02. The molecule has 2 N–H and O–H groups in total. The first-order valence-electron chi connectivity index (χ1n) is 9.10. The molecule has 0 unspecified atom stereocenters. The molecule has 7 heteroatoms. The zero-order valence-corrected chi connectivity index (χ0v) is 15.6.